The lowest BCUT2D eigenvalue weighted by Gasteiger charge is -2.32. The fourth-order valence-corrected chi connectivity index (χ4v) is 1.82. The van der Waals surface area contributed by atoms with Crippen LogP contribution in [-0.2, 0) is 4.79 Å². The first kappa shape index (κ1) is 14.3. The number of nitrogens with one attached hydrogen (secondary N) is 1. The minimum atomic E-state index is -4.34. The van der Waals surface area contributed by atoms with Gasteiger partial charge in [0, 0.05) is 6.04 Å². The molecule has 6 heteroatoms. The van der Waals surface area contributed by atoms with Crippen LogP contribution in [0.25, 0.3) is 0 Å². The maximum Gasteiger partial charge on any atom is 0.406 e. The van der Waals surface area contributed by atoms with E-state index in [1.54, 1.807) is 20.9 Å². The second-order valence-corrected chi connectivity index (χ2v) is 4.67. The first-order chi connectivity index (χ1) is 7.76. The molecule has 0 spiro atoms. The van der Waals surface area contributed by atoms with Gasteiger partial charge in [-0.15, -0.1) is 0 Å². The minimum absolute atomic E-state index is 0.227. The molecule has 3 nitrogen and oxygen atoms in total. The van der Waals surface area contributed by atoms with Gasteiger partial charge in [-0.3, -0.25) is 4.79 Å². The molecule has 100 valence electrons. The van der Waals surface area contributed by atoms with Crippen molar-refractivity contribution in [3.05, 3.63) is 0 Å². The molecule has 2 atom stereocenters. The highest BCUT2D eigenvalue weighted by Gasteiger charge is 2.41. The van der Waals surface area contributed by atoms with Gasteiger partial charge in [-0.1, -0.05) is 0 Å². The van der Waals surface area contributed by atoms with Crippen LogP contribution < -0.4 is 5.32 Å². The van der Waals surface area contributed by atoms with Crippen LogP contribution in [0.3, 0.4) is 0 Å². The summed E-state index contributed by atoms with van der Waals surface area (Å²) in [6.45, 7) is 2.12. The Kier molecular flexibility index (Phi) is 4.41. The van der Waals surface area contributed by atoms with E-state index in [2.05, 4.69) is 5.32 Å². The average molecular weight is 252 g/mol. The number of amides is 1. The monoisotopic (exact) mass is 252 g/mol. The van der Waals surface area contributed by atoms with Crippen LogP contribution in [0.2, 0.25) is 0 Å². The number of halogens is 3. The molecule has 1 aliphatic carbocycles. The predicted octanol–water partition coefficient (Wildman–Crippen LogP) is 1.78. The summed E-state index contributed by atoms with van der Waals surface area (Å²) >= 11 is 0. The average Bonchev–Trinajstić information content (AvgIpc) is 3.05. The highest BCUT2D eigenvalue weighted by Crippen LogP contribution is 2.36. The molecule has 2 unspecified atom stereocenters. The Balaban J connectivity index is 2.73. The number of carbonyl (C=O) groups is 1. The van der Waals surface area contributed by atoms with E-state index in [-0.39, 0.29) is 12.0 Å². The molecule has 0 aromatic heterocycles. The number of rotatable bonds is 5. The standard InChI is InChI=1S/C11H19F3N2O/c1-7(15-3)10(17)16(6-11(12,13)14)8(2)9-4-5-9/h7-9,15H,4-6H2,1-3H3. The maximum absolute atomic E-state index is 12.5. The van der Waals surface area contributed by atoms with Gasteiger partial charge in [-0.2, -0.15) is 13.2 Å². The Labute approximate surface area is 99.4 Å². The van der Waals surface area contributed by atoms with Crippen molar-refractivity contribution < 1.29 is 18.0 Å². The summed E-state index contributed by atoms with van der Waals surface area (Å²) in [5.41, 5.74) is 0. The zero-order chi connectivity index (χ0) is 13.2. The molecule has 1 N–H and O–H groups in total. The molecule has 1 saturated carbocycles. The van der Waals surface area contributed by atoms with E-state index in [9.17, 15) is 18.0 Å². The number of alkyl halides is 3. The second kappa shape index (κ2) is 5.25. The maximum atomic E-state index is 12.5. The first-order valence-electron chi connectivity index (χ1n) is 5.80. The van der Waals surface area contributed by atoms with E-state index in [4.69, 9.17) is 0 Å². The lowest BCUT2D eigenvalue weighted by Crippen LogP contribution is -2.51. The van der Waals surface area contributed by atoms with Gasteiger partial charge in [-0.25, -0.2) is 0 Å². The molecule has 1 amide bonds. The van der Waals surface area contributed by atoms with Crippen molar-refractivity contribution in [3.63, 3.8) is 0 Å². The molecule has 0 aromatic carbocycles. The van der Waals surface area contributed by atoms with Crippen LogP contribution in [0.15, 0.2) is 0 Å². The third-order valence-corrected chi connectivity index (χ3v) is 3.23. The van der Waals surface area contributed by atoms with E-state index in [0.717, 1.165) is 17.7 Å². The lowest BCUT2D eigenvalue weighted by molar-refractivity contribution is -0.167. The summed E-state index contributed by atoms with van der Waals surface area (Å²) in [7, 11) is 1.57. The smallest absolute Gasteiger partial charge is 0.329 e. The van der Waals surface area contributed by atoms with Crippen molar-refractivity contribution in [2.75, 3.05) is 13.6 Å². The zero-order valence-electron chi connectivity index (χ0n) is 10.3. The molecule has 0 saturated heterocycles. The molecule has 1 fully saturated rings. The lowest BCUT2D eigenvalue weighted by atomic mass is 10.1. The summed E-state index contributed by atoms with van der Waals surface area (Å²) < 4.78 is 37.4. The number of hydrogen-bond acceptors (Lipinski definition) is 2. The summed E-state index contributed by atoms with van der Waals surface area (Å²) in [4.78, 5) is 12.8. The van der Waals surface area contributed by atoms with Gasteiger partial charge in [0.05, 0.1) is 6.04 Å². The van der Waals surface area contributed by atoms with E-state index in [1.165, 1.54) is 0 Å². The molecule has 0 aliphatic heterocycles. The van der Waals surface area contributed by atoms with Crippen molar-refractivity contribution >= 4 is 5.91 Å². The number of hydrogen-bond donors (Lipinski definition) is 1. The molecule has 0 aromatic rings. The largest absolute Gasteiger partial charge is 0.406 e. The Morgan fingerprint density at radius 3 is 2.29 bits per heavy atom. The van der Waals surface area contributed by atoms with Crippen molar-refractivity contribution in [3.8, 4) is 0 Å². The van der Waals surface area contributed by atoms with Gasteiger partial charge < -0.3 is 10.2 Å². The van der Waals surface area contributed by atoms with Crippen LogP contribution >= 0.6 is 0 Å². The van der Waals surface area contributed by atoms with Gasteiger partial charge in [0.1, 0.15) is 6.54 Å². The Morgan fingerprint density at radius 1 is 1.41 bits per heavy atom. The normalized spacial score (nSPS) is 19.9. The summed E-state index contributed by atoms with van der Waals surface area (Å²) in [6, 6.07) is -0.918. The van der Waals surface area contributed by atoms with Gasteiger partial charge in [0.2, 0.25) is 5.91 Å². The molecular weight excluding hydrogens is 233 g/mol. The van der Waals surface area contributed by atoms with Gasteiger partial charge in [0.15, 0.2) is 0 Å². The SMILES string of the molecule is CNC(C)C(=O)N(CC(F)(F)F)C(C)C1CC1. The quantitative estimate of drug-likeness (QED) is 0.809. The van der Waals surface area contributed by atoms with Crippen LogP contribution in [0.4, 0.5) is 13.2 Å². The highest BCUT2D eigenvalue weighted by atomic mass is 19.4. The Bertz CT molecular complexity index is 276. The minimum Gasteiger partial charge on any atom is -0.329 e. The molecule has 0 radical (unpaired) electrons. The fraction of sp³-hybridized carbons (Fsp3) is 0.909. The number of likely N-dealkylation sites (N-methyl/N-ethyl adjacent to an activating group) is 1. The summed E-state index contributed by atoms with van der Waals surface area (Å²) in [5, 5.41) is 2.69. The topological polar surface area (TPSA) is 32.3 Å². The van der Waals surface area contributed by atoms with Gasteiger partial charge >= 0.3 is 6.18 Å². The third-order valence-electron chi connectivity index (χ3n) is 3.23. The molecule has 17 heavy (non-hydrogen) atoms. The van der Waals surface area contributed by atoms with E-state index >= 15 is 0 Å². The Morgan fingerprint density at radius 2 is 1.94 bits per heavy atom. The number of carbonyl (C=O) groups excluding carboxylic acids is 1. The highest BCUT2D eigenvalue weighted by molar-refractivity contribution is 5.81. The molecule has 0 heterocycles. The van der Waals surface area contributed by atoms with Crippen LogP contribution in [0, 0.1) is 5.92 Å². The molecule has 0 bridgehead atoms. The van der Waals surface area contributed by atoms with Gasteiger partial charge in [-0.05, 0) is 39.7 Å². The number of nitrogens with zero attached hydrogens (tertiary/aromatic N) is 1. The fourth-order valence-electron chi connectivity index (χ4n) is 1.82. The van der Waals surface area contributed by atoms with E-state index in [1.807, 2.05) is 0 Å². The van der Waals surface area contributed by atoms with Gasteiger partial charge in [0.25, 0.3) is 0 Å². The molecule has 1 aliphatic rings. The summed E-state index contributed by atoms with van der Waals surface area (Å²) in [6.07, 6.45) is -2.51. The van der Waals surface area contributed by atoms with Crippen LogP contribution in [-0.4, -0.2) is 42.7 Å². The summed E-state index contributed by atoms with van der Waals surface area (Å²) in [5.74, 6) is -0.255. The van der Waals surface area contributed by atoms with Crippen molar-refractivity contribution in [1.29, 1.82) is 0 Å². The first-order valence-corrected chi connectivity index (χ1v) is 5.80. The molecule has 1 rings (SSSR count). The van der Waals surface area contributed by atoms with Crippen molar-refractivity contribution in [2.24, 2.45) is 5.92 Å². The van der Waals surface area contributed by atoms with Crippen molar-refractivity contribution in [2.45, 2.75) is 44.9 Å². The molecular formula is C11H19F3N2O. The second-order valence-electron chi connectivity index (χ2n) is 4.67. The van der Waals surface area contributed by atoms with E-state index < -0.39 is 24.7 Å². The van der Waals surface area contributed by atoms with Crippen LogP contribution in [0.5, 0.6) is 0 Å². The van der Waals surface area contributed by atoms with Crippen LogP contribution in [0.1, 0.15) is 26.7 Å². The predicted molar refractivity (Wildman–Crippen MR) is 58.5 cm³/mol. The zero-order valence-corrected chi connectivity index (χ0v) is 10.3. The van der Waals surface area contributed by atoms with E-state index in [0.29, 0.717) is 0 Å². The third kappa shape index (κ3) is 4.18. The van der Waals surface area contributed by atoms with Crippen molar-refractivity contribution in [1.82, 2.24) is 10.2 Å². The Hall–Kier alpha value is -0.780.